The van der Waals surface area contributed by atoms with Crippen molar-refractivity contribution in [2.75, 3.05) is 44.8 Å². The average Bonchev–Trinajstić information content (AvgIpc) is 3.32. The Morgan fingerprint density at radius 2 is 1.63 bits per heavy atom. The smallest absolute Gasteiger partial charge is 0.270 e. The number of carbonyl (C=O) groups excluding carboxylic acids is 1. The minimum atomic E-state index is -0.658. The monoisotopic (exact) mass is 517 g/mol. The number of nitrogens with zero attached hydrogens (tertiary/aromatic N) is 3. The lowest BCUT2D eigenvalue weighted by molar-refractivity contribution is 0.0736. The Labute approximate surface area is 220 Å². The van der Waals surface area contributed by atoms with Crippen LogP contribution in [-0.4, -0.2) is 55.3 Å². The lowest BCUT2D eigenvalue weighted by Crippen LogP contribution is -2.49. The van der Waals surface area contributed by atoms with Gasteiger partial charge in [-0.3, -0.25) is 4.79 Å². The topological polar surface area (TPSA) is 46.9 Å². The van der Waals surface area contributed by atoms with Crippen LogP contribution >= 0.6 is 0 Å². The number of rotatable bonds is 8. The Bertz CT molecular complexity index is 1450. The highest BCUT2D eigenvalue weighted by Gasteiger charge is 2.28. The van der Waals surface area contributed by atoms with Gasteiger partial charge < -0.3 is 23.8 Å². The van der Waals surface area contributed by atoms with Gasteiger partial charge in [-0.2, -0.15) is 0 Å². The first-order valence-corrected chi connectivity index (χ1v) is 12.5. The highest BCUT2D eigenvalue weighted by Crippen LogP contribution is 2.32. The largest absolute Gasteiger partial charge is 0.495 e. The summed E-state index contributed by atoms with van der Waals surface area (Å²) in [4.78, 5) is 17.8. The molecule has 2 heterocycles. The molecule has 4 aromatic rings. The fraction of sp³-hybridized carbons (Fsp3) is 0.233. The van der Waals surface area contributed by atoms with Crippen molar-refractivity contribution in [2.45, 2.75) is 6.54 Å². The molecule has 1 saturated heterocycles. The zero-order valence-electron chi connectivity index (χ0n) is 21.2. The van der Waals surface area contributed by atoms with E-state index in [0.717, 1.165) is 11.4 Å². The van der Waals surface area contributed by atoms with Crippen LogP contribution in [0.2, 0.25) is 0 Å². The van der Waals surface area contributed by atoms with Crippen molar-refractivity contribution in [3.8, 4) is 11.5 Å². The van der Waals surface area contributed by atoms with E-state index in [1.807, 2.05) is 30.3 Å². The van der Waals surface area contributed by atoms with E-state index in [4.69, 9.17) is 9.47 Å². The minimum Gasteiger partial charge on any atom is -0.495 e. The second-order valence-corrected chi connectivity index (χ2v) is 9.06. The highest BCUT2D eigenvalue weighted by molar-refractivity contribution is 6.00. The van der Waals surface area contributed by atoms with E-state index < -0.39 is 11.6 Å². The molecule has 38 heavy (non-hydrogen) atoms. The van der Waals surface area contributed by atoms with Crippen LogP contribution in [0.15, 0.2) is 79.4 Å². The van der Waals surface area contributed by atoms with Crippen LogP contribution in [0.4, 0.5) is 14.5 Å². The normalized spacial score (nSPS) is 13.6. The van der Waals surface area contributed by atoms with Gasteiger partial charge in [0.25, 0.3) is 5.91 Å². The number of hydrogen-bond acceptors (Lipinski definition) is 4. The van der Waals surface area contributed by atoms with Crippen molar-refractivity contribution in [2.24, 2.45) is 0 Å². The van der Waals surface area contributed by atoms with Crippen LogP contribution in [-0.2, 0) is 6.54 Å². The maximum Gasteiger partial charge on any atom is 0.270 e. The third kappa shape index (κ3) is 4.81. The zero-order valence-corrected chi connectivity index (χ0v) is 21.2. The molecular weight excluding hydrogens is 488 g/mol. The molecule has 0 unspecified atom stereocenters. The van der Waals surface area contributed by atoms with Crippen molar-refractivity contribution in [1.29, 1.82) is 0 Å². The van der Waals surface area contributed by atoms with Crippen LogP contribution < -0.4 is 14.4 Å². The van der Waals surface area contributed by atoms with Crippen LogP contribution in [0.25, 0.3) is 10.9 Å². The number of carbonyl (C=O) groups is 1. The van der Waals surface area contributed by atoms with Crippen molar-refractivity contribution in [1.82, 2.24) is 9.47 Å². The van der Waals surface area contributed by atoms with E-state index in [1.165, 1.54) is 18.2 Å². The summed E-state index contributed by atoms with van der Waals surface area (Å²) in [5.41, 5.74) is 1.89. The third-order valence-corrected chi connectivity index (χ3v) is 6.85. The number of hydrogen-bond donors (Lipinski definition) is 0. The fourth-order valence-electron chi connectivity index (χ4n) is 4.92. The van der Waals surface area contributed by atoms with Gasteiger partial charge in [0.1, 0.15) is 35.4 Å². The van der Waals surface area contributed by atoms with Gasteiger partial charge in [0, 0.05) is 37.1 Å². The van der Waals surface area contributed by atoms with Crippen molar-refractivity contribution in [3.63, 3.8) is 0 Å². The first kappa shape index (κ1) is 25.3. The molecule has 1 fully saturated rings. The van der Waals surface area contributed by atoms with Crippen molar-refractivity contribution in [3.05, 3.63) is 102 Å². The fourth-order valence-corrected chi connectivity index (χ4v) is 4.92. The molecular formula is C30H29F2N3O3. The number of halogens is 2. The standard InChI is InChI=1S/C30H29F2N3O3/c1-3-18-38-28-13-7-11-25-21(28)19-27(35(25)20-22-23(31)8-6-9-24(22)32)30(36)34-16-14-33(15-17-34)26-10-4-5-12-29(26)37-2/h3-13,19H,1,14-18,20H2,2H3. The van der Waals surface area contributed by atoms with E-state index in [-0.39, 0.29) is 18.0 Å². The molecule has 1 aliphatic heterocycles. The van der Waals surface area contributed by atoms with E-state index in [2.05, 4.69) is 11.5 Å². The summed E-state index contributed by atoms with van der Waals surface area (Å²) in [5, 5.41) is 0.696. The molecule has 1 amide bonds. The predicted molar refractivity (Wildman–Crippen MR) is 144 cm³/mol. The number of anilines is 1. The van der Waals surface area contributed by atoms with Gasteiger partial charge in [0.15, 0.2) is 0 Å². The summed E-state index contributed by atoms with van der Waals surface area (Å²) in [6.45, 7) is 6.10. The Morgan fingerprint density at radius 3 is 2.34 bits per heavy atom. The quantitative estimate of drug-likeness (QED) is 0.290. The molecule has 0 aliphatic carbocycles. The SMILES string of the molecule is C=CCOc1cccc2c1cc(C(=O)N1CCN(c3ccccc3OC)CC1)n2Cc1c(F)cccc1F. The molecule has 0 N–H and O–H groups in total. The predicted octanol–water partition coefficient (Wildman–Crippen LogP) is 5.50. The number of amides is 1. The van der Waals surface area contributed by atoms with Crippen LogP contribution in [0.5, 0.6) is 11.5 Å². The van der Waals surface area contributed by atoms with Gasteiger partial charge in [-0.05, 0) is 42.5 Å². The first-order chi connectivity index (χ1) is 18.5. The molecule has 0 saturated carbocycles. The average molecular weight is 518 g/mol. The maximum absolute atomic E-state index is 14.6. The summed E-state index contributed by atoms with van der Waals surface area (Å²) in [7, 11) is 1.64. The number of ether oxygens (including phenoxy) is 2. The highest BCUT2D eigenvalue weighted by atomic mass is 19.1. The van der Waals surface area contributed by atoms with E-state index >= 15 is 0 Å². The lowest BCUT2D eigenvalue weighted by Gasteiger charge is -2.36. The zero-order chi connectivity index (χ0) is 26.6. The van der Waals surface area contributed by atoms with Gasteiger partial charge >= 0.3 is 0 Å². The number of aromatic nitrogens is 1. The molecule has 0 bridgehead atoms. The Kier molecular flexibility index (Phi) is 7.31. The Morgan fingerprint density at radius 1 is 0.947 bits per heavy atom. The minimum absolute atomic E-state index is 0.0996. The molecule has 8 heteroatoms. The summed E-state index contributed by atoms with van der Waals surface area (Å²) in [5.74, 6) is -0.159. The van der Waals surface area contributed by atoms with Crippen molar-refractivity contribution >= 4 is 22.5 Å². The third-order valence-electron chi connectivity index (χ3n) is 6.85. The van der Waals surface area contributed by atoms with Crippen LogP contribution in [0, 0.1) is 11.6 Å². The second kappa shape index (κ2) is 11.0. The number of para-hydroxylation sites is 2. The lowest BCUT2D eigenvalue weighted by atomic mass is 10.2. The molecule has 0 spiro atoms. The molecule has 196 valence electrons. The van der Waals surface area contributed by atoms with Gasteiger partial charge in [-0.25, -0.2) is 8.78 Å². The maximum atomic E-state index is 14.6. The van der Waals surface area contributed by atoms with Gasteiger partial charge in [0.05, 0.1) is 24.9 Å². The molecule has 6 nitrogen and oxygen atoms in total. The number of piperazine rings is 1. The number of fused-ring (bicyclic) bond motifs is 1. The number of methoxy groups -OCH3 is 1. The van der Waals surface area contributed by atoms with Crippen molar-refractivity contribution < 1.29 is 23.0 Å². The van der Waals surface area contributed by atoms with E-state index in [9.17, 15) is 13.6 Å². The summed E-state index contributed by atoms with van der Waals surface area (Å²) in [6, 6.07) is 18.8. The Hall–Kier alpha value is -4.33. The van der Waals surface area contributed by atoms with Gasteiger partial charge in [-0.1, -0.05) is 36.9 Å². The Balaban J connectivity index is 1.48. The number of benzene rings is 3. The second-order valence-electron chi connectivity index (χ2n) is 9.06. The van der Waals surface area contributed by atoms with Crippen LogP contribution in [0.1, 0.15) is 16.1 Å². The first-order valence-electron chi connectivity index (χ1n) is 12.5. The molecule has 1 aliphatic rings. The molecule has 1 aromatic heterocycles. The van der Waals surface area contributed by atoms with E-state index in [1.54, 1.807) is 40.9 Å². The molecule has 0 radical (unpaired) electrons. The molecule has 5 rings (SSSR count). The van der Waals surface area contributed by atoms with Gasteiger partial charge in [-0.15, -0.1) is 0 Å². The summed E-state index contributed by atoms with van der Waals surface area (Å²) in [6.07, 6.45) is 1.64. The summed E-state index contributed by atoms with van der Waals surface area (Å²) >= 11 is 0. The van der Waals surface area contributed by atoms with Crippen LogP contribution in [0.3, 0.4) is 0 Å². The molecule has 3 aromatic carbocycles. The van der Waals surface area contributed by atoms with E-state index in [0.29, 0.717) is 55.1 Å². The molecule has 0 atom stereocenters. The summed E-state index contributed by atoms with van der Waals surface area (Å²) < 4.78 is 42.3. The van der Waals surface area contributed by atoms with Gasteiger partial charge in [0.2, 0.25) is 0 Å².